The minimum Gasteiger partial charge on any atom is -0.490 e. The van der Waals surface area contributed by atoms with Crippen LogP contribution in [0.4, 0.5) is 0 Å². The molecule has 2 unspecified atom stereocenters. The summed E-state index contributed by atoms with van der Waals surface area (Å²) in [4.78, 5) is 0. The summed E-state index contributed by atoms with van der Waals surface area (Å²) in [7, 11) is 0. The molecule has 0 heterocycles. The van der Waals surface area contributed by atoms with Crippen LogP contribution in [0.15, 0.2) is 18.2 Å². The highest BCUT2D eigenvalue weighted by Crippen LogP contribution is 2.42. The molecule has 1 aliphatic carbocycles. The highest BCUT2D eigenvalue weighted by atomic mass is 16.5. The molecule has 0 spiro atoms. The Morgan fingerprint density at radius 1 is 1.15 bits per heavy atom. The van der Waals surface area contributed by atoms with Gasteiger partial charge in [-0.2, -0.15) is 0 Å². The van der Waals surface area contributed by atoms with Gasteiger partial charge in [-0.25, -0.2) is 0 Å². The maximum Gasteiger partial charge on any atom is 0.161 e. The first kappa shape index (κ1) is 15.2. The fourth-order valence-corrected chi connectivity index (χ4v) is 3.14. The molecule has 0 bridgehead atoms. The molecule has 112 valence electrons. The number of hydrogen-bond donors (Lipinski definition) is 1. The Kier molecular flexibility index (Phi) is 4.92. The normalized spacial score (nSPS) is 26.3. The van der Waals surface area contributed by atoms with Crippen LogP contribution in [0, 0.1) is 5.92 Å². The fraction of sp³-hybridized carbons (Fsp3) is 0.647. The van der Waals surface area contributed by atoms with Crippen LogP contribution in [0.5, 0.6) is 11.5 Å². The van der Waals surface area contributed by atoms with Gasteiger partial charge in [0.1, 0.15) is 0 Å². The van der Waals surface area contributed by atoms with E-state index in [1.165, 1.54) is 24.8 Å². The van der Waals surface area contributed by atoms with Crippen molar-refractivity contribution in [3.05, 3.63) is 23.8 Å². The van der Waals surface area contributed by atoms with Crippen LogP contribution in [-0.4, -0.2) is 13.2 Å². The summed E-state index contributed by atoms with van der Waals surface area (Å²) in [6.45, 7) is 7.51. The lowest BCUT2D eigenvalue weighted by molar-refractivity contribution is 0.205. The van der Waals surface area contributed by atoms with E-state index in [0.29, 0.717) is 19.1 Å². The van der Waals surface area contributed by atoms with Gasteiger partial charge in [0, 0.05) is 5.54 Å². The van der Waals surface area contributed by atoms with Crippen molar-refractivity contribution < 1.29 is 9.47 Å². The summed E-state index contributed by atoms with van der Waals surface area (Å²) < 4.78 is 11.3. The molecule has 0 aliphatic heterocycles. The van der Waals surface area contributed by atoms with Gasteiger partial charge in [0.2, 0.25) is 0 Å². The second-order valence-electron chi connectivity index (χ2n) is 5.71. The number of ether oxygens (including phenoxy) is 2. The third-order valence-corrected chi connectivity index (χ3v) is 4.44. The number of benzene rings is 1. The van der Waals surface area contributed by atoms with E-state index in [-0.39, 0.29) is 5.54 Å². The monoisotopic (exact) mass is 277 g/mol. The molecule has 0 aromatic heterocycles. The van der Waals surface area contributed by atoms with Crippen LogP contribution < -0.4 is 15.2 Å². The Morgan fingerprint density at radius 2 is 1.85 bits per heavy atom. The molecule has 2 N–H and O–H groups in total. The van der Waals surface area contributed by atoms with Crippen molar-refractivity contribution >= 4 is 0 Å². The van der Waals surface area contributed by atoms with Gasteiger partial charge in [-0.1, -0.05) is 25.8 Å². The molecule has 3 heteroatoms. The number of rotatable bonds is 5. The first-order chi connectivity index (χ1) is 9.61. The molecule has 1 aromatic rings. The lowest BCUT2D eigenvalue weighted by Gasteiger charge is -2.40. The van der Waals surface area contributed by atoms with Crippen molar-refractivity contribution in [1.29, 1.82) is 0 Å². The minimum absolute atomic E-state index is 0.227. The highest BCUT2D eigenvalue weighted by molar-refractivity contribution is 5.45. The second kappa shape index (κ2) is 6.49. The van der Waals surface area contributed by atoms with Gasteiger partial charge in [0.05, 0.1) is 13.2 Å². The first-order valence-corrected chi connectivity index (χ1v) is 7.80. The zero-order valence-electron chi connectivity index (χ0n) is 12.9. The second-order valence-corrected chi connectivity index (χ2v) is 5.71. The van der Waals surface area contributed by atoms with Gasteiger partial charge in [-0.15, -0.1) is 0 Å². The predicted molar refractivity (Wildman–Crippen MR) is 82.3 cm³/mol. The molecular weight excluding hydrogens is 250 g/mol. The summed E-state index contributed by atoms with van der Waals surface area (Å²) in [5.41, 5.74) is 7.67. The van der Waals surface area contributed by atoms with E-state index in [9.17, 15) is 0 Å². The predicted octanol–water partition coefficient (Wildman–Crippen LogP) is 3.85. The first-order valence-electron chi connectivity index (χ1n) is 7.80. The van der Waals surface area contributed by atoms with E-state index in [1.54, 1.807) is 0 Å². The Balaban J connectivity index is 2.34. The maximum atomic E-state index is 6.72. The average molecular weight is 277 g/mol. The van der Waals surface area contributed by atoms with Gasteiger partial charge in [0.15, 0.2) is 11.5 Å². The quantitative estimate of drug-likeness (QED) is 0.889. The molecule has 2 atom stereocenters. The molecule has 2 rings (SSSR count). The fourth-order valence-electron chi connectivity index (χ4n) is 3.14. The minimum atomic E-state index is -0.227. The molecule has 0 saturated heterocycles. The zero-order chi connectivity index (χ0) is 14.6. The smallest absolute Gasteiger partial charge is 0.161 e. The van der Waals surface area contributed by atoms with Gasteiger partial charge >= 0.3 is 0 Å². The van der Waals surface area contributed by atoms with E-state index in [1.807, 2.05) is 19.9 Å². The average Bonchev–Trinajstić information content (AvgIpc) is 2.44. The van der Waals surface area contributed by atoms with E-state index in [2.05, 4.69) is 19.1 Å². The van der Waals surface area contributed by atoms with Crippen LogP contribution in [0.25, 0.3) is 0 Å². The molecule has 1 aromatic carbocycles. The Labute approximate surface area is 122 Å². The Bertz CT molecular complexity index is 447. The van der Waals surface area contributed by atoms with Crippen molar-refractivity contribution in [3.8, 4) is 11.5 Å². The summed E-state index contributed by atoms with van der Waals surface area (Å²) in [5, 5.41) is 0. The summed E-state index contributed by atoms with van der Waals surface area (Å²) >= 11 is 0. The van der Waals surface area contributed by atoms with Gasteiger partial charge < -0.3 is 15.2 Å². The molecule has 20 heavy (non-hydrogen) atoms. The molecule has 1 saturated carbocycles. The largest absolute Gasteiger partial charge is 0.490 e. The molecule has 0 amide bonds. The van der Waals surface area contributed by atoms with E-state index < -0.39 is 0 Å². The highest BCUT2D eigenvalue weighted by Gasteiger charge is 2.36. The topological polar surface area (TPSA) is 44.5 Å². The van der Waals surface area contributed by atoms with Crippen molar-refractivity contribution in [2.24, 2.45) is 11.7 Å². The third-order valence-electron chi connectivity index (χ3n) is 4.44. The Hall–Kier alpha value is -1.22. The third kappa shape index (κ3) is 2.93. The van der Waals surface area contributed by atoms with E-state index in [0.717, 1.165) is 17.9 Å². The molecule has 1 aliphatic rings. The zero-order valence-corrected chi connectivity index (χ0v) is 12.9. The molecule has 3 nitrogen and oxygen atoms in total. The van der Waals surface area contributed by atoms with Crippen molar-refractivity contribution in [2.45, 2.75) is 52.0 Å². The lowest BCUT2D eigenvalue weighted by atomic mass is 9.70. The van der Waals surface area contributed by atoms with Crippen LogP contribution >= 0.6 is 0 Å². The van der Waals surface area contributed by atoms with E-state index >= 15 is 0 Å². The van der Waals surface area contributed by atoms with Crippen LogP contribution in [0.2, 0.25) is 0 Å². The SMILES string of the molecule is CCOc1ccc(C2(N)CCCCC2C)cc1OCC. The van der Waals surface area contributed by atoms with Crippen molar-refractivity contribution in [3.63, 3.8) is 0 Å². The summed E-state index contributed by atoms with van der Waals surface area (Å²) in [5.74, 6) is 2.13. The summed E-state index contributed by atoms with van der Waals surface area (Å²) in [6.07, 6.45) is 4.74. The molecule has 1 fully saturated rings. The lowest BCUT2D eigenvalue weighted by Crippen LogP contribution is -2.45. The van der Waals surface area contributed by atoms with E-state index in [4.69, 9.17) is 15.2 Å². The van der Waals surface area contributed by atoms with Crippen LogP contribution in [0.1, 0.15) is 52.0 Å². The van der Waals surface area contributed by atoms with Crippen LogP contribution in [0.3, 0.4) is 0 Å². The van der Waals surface area contributed by atoms with Gasteiger partial charge in [0.25, 0.3) is 0 Å². The maximum absolute atomic E-state index is 6.72. The summed E-state index contributed by atoms with van der Waals surface area (Å²) in [6, 6.07) is 6.19. The standard InChI is InChI=1S/C17H27NO2/c1-4-19-15-10-9-14(12-16(15)20-5-2)17(18)11-7-6-8-13(17)3/h9-10,12-13H,4-8,11,18H2,1-3H3. The van der Waals surface area contributed by atoms with Crippen LogP contribution in [-0.2, 0) is 5.54 Å². The van der Waals surface area contributed by atoms with Crippen molar-refractivity contribution in [1.82, 2.24) is 0 Å². The van der Waals surface area contributed by atoms with Gasteiger partial charge in [-0.3, -0.25) is 0 Å². The van der Waals surface area contributed by atoms with Crippen molar-refractivity contribution in [2.75, 3.05) is 13.2 Å². The molecular formula is C17H27NO2. The Morgan fingerprint density at radius 3 is 2.50 bits per heavy atom. The number of hydrogen-bond acceptors (Lipinski definition) is 3. The van der Waals surface area contributed by atoms with Gasteiger partial charge in [-0.05, 0) is 50.3 Å². The molecule has 0 radical (unpaired) electrons. The number of nitrogens with two attached hydrogens (primary N) is 1.